The number of aromatic nitrogens is 2. The summed E-state index contributed by atoms with van der Waals surface area (Å²) in [5.74, 6) is -0.669. The lowest BCUT2D eigenvalue weighted by Crippen LogP contribution is -2.04. The predicted molar refractivity (Wildman–Crippen MR) is 75.3 cm³/mol. The second-order valence-corrected chi connectivity index (χ2v) is 4.84. The maximum atomic E-state index is 13.4. The summed E-state index contributed by atoms with van der Waals surface area (Å²) in [7, 11) is 1.79. The lowest BCUT2D eigenvalue weighted by molar-refractivity contribution is 0.103. The fourth-order valence-electron chi connectivity index (χ4n) is 2.39. The van der Waals surface area contributed by atoms with Gasteiger partial charge in [-0.15, -0.1) is 0 Å². The van der Waals surface area contributed by atoms with Gasteiger partial charge in [-0.3, -0.25) is 9.48 Å². The number of rotatable bonds is 2. The first kappa shape index (κ1) is 12.5. The molecular formula is C16H13FN2O. The molecule has 0 aliphatic carbocycles. The number of fused-ring (bicyclic) bond motifs is 1. The lowest BCUT2D eigenvalue weighted by Gasteiger charge is -2.01. The molecule has 20 heavy (non-hydrogen) atoms. The molecule has 4 heteroatoms. The van der Waals surface area contributed by atoms with E-state index in [4.69, 9.17) is 0 Å². The van der Waals surface area contributed by atoms with Gasteiger partial charge in [0, 0.05) is 18.0 Å². The molecular weight excluding hydrogens is 255 g/mol. The Morgan fingerprint density at radius 1 is 1.20 bits per heavy atom. The molecule has 0 radical (unpaired) electrons. The van der Waals surface area contributed by atoms with Crippen molar-refractivity contribution in [2.45, 2.75) is 6.92 Å². The van der Waals surface area contributed by atoms with Crippen molar-refractivity contribution in [3.05, 3.63) is 65.1 Å². The van der Waals surface area contributed by atoms with Crippen molar-refractivity contribution in [3.63, 3.8) is 0 Å². The van der Waals surface area contributed by atoms with Gasteiger partial charge < -0.3 is 0 Å². The minimum absolute atomic E-state index is 0.260. The summed E-state index contributed by atoms with van der Waals surface area (Å²) < 4.78 is 15.1. The second-order valence-electron chi connectivity index (χ2n) is 4.84. The summed E-state index contributed by atoms with van der Waals surface area (Å²) in [5, 5.41) is 5.05. The van der Waals surface area contributed by atoms with Crippen LogP contribution in [0.1, 0.15) is 21.6 Å². The SMILES string of the molecule is Cc1cc(F)cc(C(=O)c2nn(C)c3ccccc23)c1. The number of ketones is 1. The van der Waals surface area contributed by atoms with Gasteiger partial charge in [0.1, 0.15) is 11.5 Å². The molecule has 0 N–H and O–H groups in total. The molecule has 1 heterocycles. The molecule has 0 saturated heterocycles. The lowest BCUT2D eigenvalue weighted by atomic mass is 10.0. The van der Waals surface area contributed by atoms with Crippen LogP contribution in [0.3, 0.4) is 0 Å². The number of carbonyl (C=O) groups is 1. The average Bonchev–Trinajstić information content (AvgIpc) is 2.75. The number of hydrogen-bond donors (Lipinski definition) is 0. The van der Waals surface area contributed by atoms with Gasteiger partial charge in [0.2, 0.25) is 5.78 Å². The van der Waals surface area contributed by atoms with E-state index in [9.17, 15) is 9.18 Å². The van der Waals surface area contributed by atoms with Crippen LogP contribution in [0.4, 0.5) is 4.39 Å². The molecule has 2 aromatic carbocycles. The largest absolute Gasteiger partial charge is 0.287 e. The minimum atomic E-state index is -0.409. The van der Waals surface area contributed by atoms with E-state index in [-0.39, 0.29) is 5.78 Å². The van der Waals surface area contributed by atoms with Crippen molar-refractivity contribution < 1.29 is 9.18 Å². The molecule has 3 rings (SSSR count). The average molecular weight is 268 g/mol. The van der Waals surface area contributed by atoms with Crippen LogP contribution in [0.2, 0.25) is 0 Å². The highest BCUT2D eigenvalue weighted by Gasteiger charge is 2.18. The molecule has 0 fully saturated rings. The monoisotopic (exact) mass is 268 g/mol. The number of hydrogen-bond acceptors (Lipinski definition) is 2. The number of carbonyl (C=O) groups excluding carboxylic acids is 1. The van der Waals surface area contributed by atoms with Gasteiger partial charge in [-0.05, 0) is 36.8 Å². The summed E-state index contributed by atoms with van der Waals surface area (Å²) in [6.07, 6.45) is 0. The Kier molecular flexibility index (Phi) is 2.86. The van der Waals surface area contributed by atoms with E-state index in [0.29, 0.717) is 16.8 Å². The Morgan fingerprint density at radius 2 is 1.95 bits per heavy atom. The third-order valence-corrected chi connectivity index (χ3v) is 3.28. The Labute approximate surface area is 115 Å². The van der Waals surface area contributed by atoms with Crippen molar-refractivity contribution in [1.29, 1.82) is 0 Å². The van der Waals surface area contributed by atoms with Gasteiger partial charge in [-0.1, -0.05) is 18.2 Å². The van der Waals surface area contributed by atoms with Gasteiger partial charge in [-0.2, -0.15) is 5.10 Å². The predicted octanol–water partition coefficient (Wildman–Crippen LogP) is 3.25. The smallest absolute Gasteiger partial charge is 0.213 e. The molecule has 0 aliphatic heterocycles. The minimum Gasteiger partial charge on any atom is -0.287 e. The molecule has 0 saturated carbocycles. The second kappa shape index (κ2) is 4.56. The Balaban J connectivity index is 2.18. The Hall–Kier alpha value is -2.49. The van der Waals surface area contributed by atoms with Crippen molar-refractivity contribution in [2.24, 2.45) is 7.05 Å². The maximum absolute atomic E-state index is 13.4. The number of benzene rings is 2. The topological polar surface area (TPSA) is 34.9 Å². The molecule has 0 aliphatic rings. The molecule has 0 bridgehead atoms. The van der Waals surface area contributed by atoms with Crippen molar-refractivity contribution in [1.82, 2.24) is 9.78 Å². The highest BCUT2D eigenvalue weighted by atomic mass is 19.1. The van der Waals surface area contributed by atoms with Gasteiger partial charge in [0.25, 0.3) is 0 Å². The van der Waals surface area contributed by atoms with Crippen LogP contribution in [0.15, 0.2) is 42.5 Å². The van der Waals surface area contributed by atoms with E-state index >= 15 is 0 Å². The van der Waals surface area contributed by atoms with Crippen LogP contribution in [0.5, 0.6) is 0 Å². The van der Waals surface area contributed by atoms with Gasteiger partial charge >= 0.3 is 0 Å². The number of para-hydroxylation sites is 1. The van der Waals surface area contributed by atoms with E-state index in [2.05, 4.69) is 5.10 Å². The fraction of sp³-hybridized carbons (Fsp3) is 0.125. The zero-order valence-electron chi connectivity index (χ0n) is 11.2. The van der Waals surface area contributed by atoms with Gasteiger partial charge in [0.15, 0.2) is 0 Å². The van der Waals surface area contributed by atoms with E-state index in [1.54, 1.807) is 24.7 Å². The molecule has 0 amide bonds. The summed E-state index contributed by atoms with van der Waals surface area (Å²) in [4.78, 5) is 12.5. The van der Waals surface area contributed by atoms with Crippen molar-refractivity contribution in [3.8, 4) is 0 Å². The summed E-state index contributed by atoms with van der Waals surface area (Å²) in [6.45, 7) is 1.76. The molecule has 100 valence electrons. The van der Waals surface area contributed by atoms with E-state index < -0.39 is 5.82 Å². The third kappa shape index (κ3) is 1.99. The van der Waals surface area contributed by atoms with Crippen LogP contribution in [-0.2, 0) is 7.05 Å². The number of nitrogens with zero attached hydrogens (tertiary/aromatic N) is 2. The van der Waals surface area contributed by atoms with E-state index in [0.717, 1.165) is 10.9 Å². The van der Waals surface area contributed by atoms with E-state index in [1.807, 2.05) is 24.3 Å². The molecule has 1 aromatic heterocycles. The maximum Gasteiger partial charge on any atom is 0.213 e. The van der Waals surface area contributed by atoms with Crippen molar-refractivity contribution >= 4 is 16.7 Å². The standard InChI is InChI=1S/C16H13FN2O/c1-10-7-11(9-12(17)8-10)16(20)15-13-5-3-4-6-14(13)19(2)18-15/h3-9H,1-2H3. The molecule has 0 unspecified atom stereocenters. The summed E-state index contributed by atoms with van der Waals surface area (Å²) in [6, 6.07) is 11.8. The highest BCUT2D eigenvalue weighted by molar-refractivity contribution is 6.14. The van der Waals surface area contributed by atoms with Crippen molar-refractivity contribution in [2.75, 3.05) is 0 Å². The quantitative estimate of drug-likeness (QED) is 0.669. The molecule has 0 atom stereocenters. The summed E-state index contributed by atoms with van der Waals surface area (Å²) >= 11 is 0. The first-order valence-electron chi connectivity index (χ1n) is 6.30. The molecule has 0 spiro atoms. The third-order valence-electron chi connectivity index (χ3n) is 3.28. The van der Waals surface area contributed by atoms with Crippen LogP contribution >= 0.6 is 0 Å². The zero-order valence-corrected chi connectivity index (χ0v) is 11.2. The normalized spacial score (nSPS) is 10.9. The van der Waals surface area contributed by atoms with Gasteiger partial charge in [0.05, 0.1) is 5.52 Å². The fourth-order valence-corrected chi connectivity index (χ4v) is 2.39. The summed E-state index contributed by atoms with van der Waals surface area (Å²) in [5.41, 5.74) is 2.28. The van der Waals surface area contributed by atoms with Crippen LogP contribution < -0.4 is 0 Å². The van der Waals surface area contributed by atoms with Crippen LogP contribution in [0.25, 0.3) is 10.9 Å². The number of halogens is 1. The molecule has 3 aromatic rings. The van der Waals surface area contributed by atoms with Crippen LogP contribution in [0, 0.1) is 12.7 Å². The molecule has 3 nitrogen and oxygen atoms in total. The van der Waals surface area contributed by atoms with E-state index in [1.165, 1.54) is 12.1 Å². The highest BCUT2D eigenvalue weighted by Crippen LogP contribution is 2.21. The van der Waals surface area contributed by atoms with Gasteiger partial charge in [-0.25, -0.2) is 4.39 Å². The van der Waals surface area contributed by atoms with Crippen LogP contribution in [-0.4, -0.2) is 15.6 Å². The first-order valence-corrected chi connectivity index (χ1v) is 6.30. The Bertz CT molecular complexity index is 800. The zero-order chi connectivity index (χ0) is 14.3. The first-order chi connectivity index (χ1) is 9.56. The number of aryl methyl sites for hydroxylation is 2. The Morgan fingerprint density at radius 3 is 2.70 bits per heavy atom.